The number of nitrogens with one attached hydrogen (secondary N) is 1. The number of ether oxygens (including phenoxy) is 3. The number of imide groups is 1. The van der Waals surface area contributed by atoms with E-state index in [-0.39, 0.29) is 36.8 Å². The molecule has 0 spiro atoms. The van der Waals surface area contributed by atoms with Crippen molar-refractivity contribution in [1.29, 1.82) is 0 Å². The van der Waals surface area contributed by atoms with E-state index in [2.05, 4.69) is 27.9 Å². The van der Waals surface area contributed by atoms with E-state index in [1.807, 2.05) is 62.4 Å². The molecule has 10 heteroatoms. The third-order valence-electron chi connectivity index (χ3n) is 5.48. The van der Waals surface area contributed by atoms with Gasteiger partial charge in [0.15, 0.2) is 18.1 Å². The predicted molar refractivity (Wildman–Crippen MR) is 160 cm³/mol. The van der Waals surface area contributed by atoms with E-state index >= 15 is 0 Å². The number of para-hydroxylation sites is 1. The van der Waals surface area contributed by atoms with Crippen LogP contribution in [0.4, 0.5) is 10.5 Å². The van der Waals surface area contributed by atoms with Crippen LogP contribution in [0.15, 0.2) is 71.6 Å². The summed E-state index contributed by atoms with van der Waals surface area (Å²) in [5, 5.41) is 2.44. The molecule has 1 aliphatic rings. The van der Waals surface area contributed by atoms with Crippen LogP contribution in [0.3, 0.4) is 0 Å². The van der Waals surface area contributed by atoms with E-state index in [0.29, 0.717) is 43.6 Å². The summed E-state index contributed by atoms with van der Waals surface area (Å²) < 4.78 is 18.0. The number of carbonyl (C=O) groups excluding carboxylic acids is 3. The first-order valence-corrected chi connectivity index (χ1v) is 14.1. The number of rotatable bonds is 11. The molecule has 3 aromatic carbocycles. The average molecular weight is 659 g/mol. The zero-order chi connectivity index (χ0) is 27.8. The fourth-order valence-corrected chi connectivity index (χ4v) is 5.38. The Morgan fingerprint density at radius 2 is 1.82 bits per heavy atom. The number of aryl methyl sites for hydroxylation is 1. The van der Waals surface area contributed by atoms with E-state index in [0.717, 1.165) is 17.3 Å². The molecule has 4 rings (SSSR count). The molecule has 0 bridgehead atoms. The third kappa shape index (κ3) is 7.76. The number of nitrogens with zero attached hydrogens (tertiary/aromatic N) is 1. The van der Waals surface area contributed by atoms with Crippen LogP contribution in [-0.2, 0) is 9.59 Å². The van der Waals surface area contributed by atoms with Gasteiger partial charge in [-0.25, -0.2) is 0 Å². The van der Waals surface area contributed by atoms with Crippen molar-refractivity contribution in [3.63, 3.8) is 0 Å². The van der Waals surface area contributed by atoms with Crippen molar-refractivity contribution in [2.75, 3.05) is 31.7 Å². The molecule has 3 aromatic rings. The van der Waals surface area contributed by atoms with E-state index < -0.39 is 0 Å². The fraction of sp³-hybridized carbons (Fsp3) is 0.207. The second-order valence-electron chi connectivity index (χ2n) is 8.46. The minimum atomic E-state index is -0.372. The quantitative estimate of drug-likeness (QED) is 0.196. The molecular formula is C29H27IN2O6S. The van der Waals surface area contributed by atoms with Crippen LogP contribution >= 0.6 is 34.4 Å². The number of benzene rings is 3. The summed E-state index contributed by atoms with van der Waals surface area (Å²) in [4.78, 5) is 39.4. The SMILES string of the molecule is CCOc1cc(/C=C2\SC(=O)N(CCOc3cccc(C)c3)C2=O)cc(I)c1OCC(=O)Nc1ccccc1. The van der Waals surface area contributed by atoms with Crippen LogP contribution in [0.25, 0.3) is 6.08 Å². The van der Waals surface area contributed by atoms with Crippen LogP contribution in [0.5, 0.6) is 17.2 Å². The van der Waals surface area contributed by atoms with Gasteiger partial charge in [-0.3, -0.25) is 19.3 Å². The van der Waals surface area contributed by atoms with Crippen LogP contribution < -0.4 is 19.5 Å². The summed E-state index contributed by atoms with van der Waals surface area (Å²) in [5.41, 5.74) is 2.41. The topological polar surface area (TPSA) is 94.2 Å². The Bertz CT molecular complexity index is 1400. The summed E-state index contributed by atoms with van der Waals surface area (Å²) >= 11 is 2.98. The number of carbonyl (C=O) groups is 3. The van der Waals surface area contributed by atoms with Crippen molar-refractivity contribution in [2.45, 2.75) is 13.8 Å². The highest BCUT2D eigenvalue weighted by atomic mass is 127. The number of thioether (sulfide) groups is 1. The molecule has 1 saturated heterocycles. The minimum absolute atomic E-state index is 0.148. The third-order valence-corrected chi connectivity index (χ3v) is 7.19. The van der Waals surface area contributed by atoms with Gasteiger partial charge in [0, 0.05) is 5.69 Å². The number of halogens is 1. The summed E-state index contributed by atoms with van der Waals surface area (Å²) in [6, 6.07) is 20.2. The lowest BCUT2D eigenvalue weighted by molar-refractivity contribution is -0.123. The Morgan fingerprint density at radius 1 is 1.03 bits per heavy atom. The maximum atomic E-state index is 13.0. The van der Waals surface area contributed by atoms with Crippen molar-refractivity contribution >= 4 is 63.2 Å². The molecule has 0 atom stereocenters. The van der Waals surface area contributed by atoms with Gasteiger partial charge in [0.2, 0.25) is 0 Å². The van der Waals surface area contributed by atoms with Gasteiger partial charge >= 0.3 is 0 Å². The molecular weight excluding hydrogens is 631 g/mol. The second-order valence-corrected chi connectivity index (χ2v) is 10.6. The highest BCUT2D eigenvalue weighted by Crippen LogP contribution is 2.37. The zero-order valence-electron chi connectivity index (χ0n) is 21.4. The first-order chi connectivity index (χ1) is 18.8. The van der Waals surface area contributed by atoms with Gasteiger partial charge in [-0.1, -0.05) is 30.3 Å². The van der Waals surface area contributed by atoms with Crippen molar-refractivity contribution < 1.29 is 28.6 Å². The summed E-state index contributed by atoms with van der Waals surface area (Å²) in [6.07, 6.45) is 1.66. The van der Waals surface area contributed by atoms with Gasteiger partial charge in [-0.15, -0.1) is 0 Å². The summed E-state index contributed by atoms with van der Waals surface area (Å²) in [5.74, 6) is 0.885. The van der Waals surface area contributed by atoms with Crippen molar-refractivity contribution in [1.82, 2.24) is 4.90 Å². The number of amides is 3. The van der Waals surface area contributed by atoms with Gasteiger partial charge in [0.1, 0.15) is 12.4 Å². The van der Waals surface area contributed by atoms with E-state index in [4.69, 9.17) is 14.2 Å². The molecule has 0 unspecified atom stereocenters. The number of anilines is 1. The molecule has 8 nitrogen and oxygen atoms in total. The van der Waals surface area contributed by atoms with E-state index in [9.17, 15) is 14.4 Å². The van der Waals surface area contributed by atoms with Crippen molar-refractivity contribution in [2.24, 2.45) is 0 Å². The standard InChI is InChI=1S/C29H27IN2O6S/c1-3-36-24-16-20(15-23(30)27(24)38-18-26(33)31-21-9-5-4-6-10-21)17-25-28(34)32(29(35)39-25)12-13-37-22-11-7-8-19(2)14-22/h4-11,14-17H,3,12-13,18H2,1-2H3,(H,31,33)/b25-17-. The molecule has 3 amide bonds. The molecule has 1 heterocycles. The zero-order valence-corrected chi connectivity index (χ0v) is 24.4. The molecule has 0 aromatic heterocycles. The maximum Gasteiger partial charge on any atom is 0.293 e. The number of hydrogen-bond donors (Lipinski definition) is 1. The fourth-order valence-electron chi connectivity index (χ4n) is 3.73. The smallest absolute Gasteiger partial charge is 0.293 e. The van der Waals surface area contributed by atoms with Gasteiger partial charge in [0.05, 0.1) is 21.6 Å². The molecule has 0 radical (unpaired) electrons. The Hall–Kier alpha value is -3.51. The van der Waals surface area contributed by atoms with Crippen LogP contribution in [0.2, 0.25) is 0 Å². The van der Waals surface area contributed by atoms with Gasteiger partial charge in [-0.2, -0.15) is 0 Å². The summed E-state index contributed by atoms with van der Waals surface area (Å²) in [7, 11) is 0. The van der Waals surface area contributed by atoms with Crippen LogP contribution in [0, 0.1) is 10.5 Å². The molecule has 1 fully saturated rings. The maximum absolute atomic E-state index is 13.0. The molecule has 39 heavy (non-hydrogen) atoms. The lowest BCUT2D eigenvalue weighted by Gasteiger charge is -2.15. The molecule has 0 saturated carbocycles. The van der Waals surface area contributed by atoms with Crippen molar-refractivity contribution in [3.8, 4) is 17.2 Å². The Labute approximate surface area is 244 Å². The van der Waals surface area contributed by atoms with Gasteiger partial charge in [0.25, 0.3) is 17.1 Å². The summed E-state index contributed by atoms with van der Waals surface area (Å²) in [6.45, 7) is 4.33. The predicted octanol–water partition coefficient (Wildman–Crippen LogP) is 6.13. The second kappa shape index (κ2) is 13.5. The minimum Gasteiger partial charge on any atom is -0.492 e. The first kappa shape index (κ1) is 28.5. The molecule has 0 aliphatic carbocycles. The highest BCUT2D eigenvalue weighted by molar-refractivity contribution is 14.1. The Balaban J connectivity index is 1.42. The van der Waals surface area contributed by atoms with Gasteiger partial charge < -0.3 is 19.5 Å². The first-order valence-electron chi connectivity index (χ1n) is 12.2. The van der Waals surface area contributed by atoms with Crippen molar-refractivity contribution in [3.05, 3.63) is 86.3 Å². The van der Waals surface area contributed by atoms with E-state index in [1.165, 1.54) is 4.90 Å². The molecule has 202 valence electrons. The lowest BCUT2D eigenvalue weighted by atomic mass is 10.2. The molecule has 1 aliphatic heterocycles. The van der Waals surface area contributed by atoms with E-state index in [1.54, 1.807) is 24.3 Å². The average Bonchev–Trinajstić information content (AvgIpc) is 3.16. The Morgan fingerprint density at radius 3 is 2.56 bits per heavy atom. The monoisotopic (exact) mass is 658 g/mol. The number of hydrogen-bond acceptors (Lipinski definition) is 7. The van der Waals surface area contributed by atoms with Crippen LogP contribution in [0.1, 0.15) is 18.1 Å². The Kier molecular flexibility index (Phi) is 9.88. The highest BCUT2D eigenvalue weighted by Gasteiger charge is 2.35. The van der Waals surface area contributed by atoms with Crippen LogP contribution in [-0.4, -0.2) is 48.3 Å². The normalized spacial score (nSPS) is 14.0. The largest absolute Gasteiger partial charge is 0.492 e. The lowest BCUT2D eigenvalue weighted by Crippen LogP contribution is -2.32. The molecule has 1 N–H and O–H groups in total. The van der Waals surface area contributed by atoms with Gasteiger partial charge in [-0.05, 0) is 102 Å².